The maximum Gasteiger partial charge on any atom is 0.262 e. The Bertz CT molecular complexity index is 794. The van der Waals surface area contributed by atoms with E-state index < -0.39 is 10.0 Å². The number of nitrogens with zero attached hydrogens (tertiary/aromatic N) is 3. The second kappa shape index (κ2) is 7.84. The fourth-order valence-corrected chi connectivity index (χ4v) is 4.56. The van der Waals surface area contributed by atoms with Crippen LogP contribution in [-0.2, 0) is 16.6 Å². The van der Waals surface area contributed by atoms with Crippen molar-refractivity contribution in [3.63, 3.8) is 0 Å². The third-order valence-electron chi connectivity index (χ3n) is 4.01. The van der Waals surface area contributed by atoms with Crippen LogP contribution in [0.5, 0.6) is 0 Å². The Kier molecular flexibility index (Phi) is 6.28. The molecule has 1 saturated heterocycles. The van der Waals surface area contributed by atoms with E-state index in [2.05, 4.69) is 10.3 Å². The second-order valence-corrected chi connectivity index (χ2v) is 7.64. The first-order valence-electron chi connectivity index (χ1n) is 7.53. The van der Waals surface area contributed by atoms with E-state index in [-0.39, 0.29) is 23.5 Å². The van der Waals surface area contributed by atoms with Gasteiger partial charge < -0.3 is 9.88 Å². The van der Waals surface area contributed by atoms with Crippen molar-refractivity contribution in [2.75, 3.05) is 19.6 Å². The van der Waals surface area contributed by atoms with E-state index in [0.717, 1.165) is 5.56 Å². The maximum absolute atomic E-state index is 13.0. The highest BCUT2D eigenvalue weighted by Crippen LogP contribution is 2.32. The van der Waals surface area contributed by atoms with Gasteiger partial charge in [0, 0.05) is 37.4 Å². The SMILES string of the molecule is CCn1cnc(S(=O)(=O)N2CCNCC2c2ccccc2Cl)c1.Cl. The molecule has 2 aromatic rings. The molecule has 2 heterocycles. The van der Waals surface area contributed by atoms with Crippen molar-refractivity contribution in [1.29, 1.82) is 0 Å². The summed E-state index contributed by atoms with van der Waals surface area (Å²) in [7, 11) is -3.66. The molecule has 0 bridgehead atoms. The molecule has 3 rings (SSSR count). The summed E-state index contributed by atoms with van der Waals surface area (Å²) >= 11 is 6.28. The average molecular weight is 391 g/mol. The van der Waals surface area contributed by atoms with Crippen LogP contribution in [0, 0.1) is 0 Å². The molecule has 1 aliphatic rings. The lowest BCUT2D eigenvalue weighted by Crippen LogP contribution is -2.48. The minimum Gasteiger partial charge on any atom is -0.336 e. The van der Waals surface area contributed by atoms with E-state index in [1.165, 1.54) is 4.31 Å². The number of imidazole rings is 1. The Labute approximate surface area is 153 Å². The molecule has 0 aliphatic carbocycles. The highest BCUT2D eigenvalue weighted by molar-refractivity contribution is 7.89. The summed E-state index contributed by atoms with van der Waals surface area (Å²) in [6.45, 7) is 4.14. The number of nitrogens with one attached hydrogen (secondary N) is 1. The van der Waals surface area contributed by atoms with Crippen molar-refractivity contribution in [2.45, 2.75) is 24.5 Å². The number of rotatable bonds is 4. The van der Waals surface area contributed by atoms with Crippen molar-refractivity contribution >= 4 is 34.0 Å². The molecule has 1 aromatic carbocycles. The number of hydrogen-bond acceptors (Lipinski definition) is 4. The lowest BCUT2D eigenvalue weighted by atomic mass is 10.1. The van der Waals surface area contributed by atoms with Crippen LogP contribution >= 0.6 is 24.0 Å². The first-order chi connectivity index (χ1) is 11.0. The molecule has 1 fully saturated rings. The molecule has 6 nitrogen and oxygen atoms in total. The van der Waals surface area contributed by atoms with Crippen molar-refractivity contribution < 1.29 is 8.42 Å². The molecule has 0 amide bonds. The Morgan fingerprint density at radius 2 is 2.12 bits per heavy atom. The third-order valence-corrected chi connectivity index (χ3v) is 6.14. The highest BCUT2D eigenvalue weighted by Gasteiger charge is 2.36. The topological polar surface area (TPSA) is 67.2 Å². The van der Waals surface area contributed by atoms with Gasteiger partial charge in [0.2, 0.25) is 0 Å². The molecule has 132 valence electrons. The van der Waals surface area contributed by atoms with Crippen LogP contribution in [0.2, 0.25) is 5.02 Å². The molecular weight excluding hydrogens is 371 g/mol. The number of hydrogen-bond donors (Lipinski definition) is 1. The molecule has 24 heavy (non-hydrogen) atoms. The van der Waals surface area contributed by atoms with Gasteiger partial charge in [-0.15, -0.1) is 12.4 Å². The van der Waals surface area contributed by atoms with Gasteiger partial charge in [-0.1, -0.05) is 29.8 Å². The molecule has 9 heteroatoms. The Balaban J connectivity index is 0.00000208. The van der Waals surface area contributed by atoms with Gasteiger partial charge in [-0.3, -0.25) is 0 Å². The molecular formula is C15H20Cl2N4O2S. The fraction of sp³-hybridized carbons (Fsp3) is 0.400. The summed E-state index contributed by atoms with van der Waals surface area (Å²) in [6.07, 6.45) is 3.11. The second-order valence-electron chi connectivity index (χ2n) is 5.40. The van der Waals surface area contributed by atoms with Gasteiger partial charge in [0.25, 0.3) is 10.0 Å². The molecule has 1 unspecified atom stereocenters. The summed E-state index contributed by atoms with van der Waals surface area (Å²) in [5.41, 5.74) is 0.805. The van der Waals surface area contributed by atoms with E-state index in [1.54, 1.807) is 23.2 Å². The zero-order chi connectivity index (χ0) is 16.4. The largest absolute Gasteiger partial charge is 0.336 e. The molecule has 0 spiro atoms. The molecule has 0 radical (unpaired) electrons. The predicted molar refractivity (Wildman–Crippen MR) is 96.1 cm³/mol. The number of sulfonamides is 1. The van der Waals surface area contributed by atoms with Crippen LogP contribution in [0.3, 0.4) is 0 Å². The zero-order valence-corrected chi connectivity index (χ0v) is 15.6. The van der Waals surface area contributed by atoms with Gasteiger partial charge in [0.1, 0.15) is 0 Å². The van der Waals surface area contributed by atoms with Gasteiger partial charge in [0.15, 0.2) is 5.03 Å². The molecule has 1 atom stereocenters. The van der Waals surface area contributed by atoms with Crippen molar-refractivity contribution in [1.82, 2.24) is 19.2 Å². The molecule has 1 aliphatic heterocycles. The van der Waals surface area contributed by atoms with E-state index in [4.69, 9.17) is 11.6 Å². The summed E-state index contributed by atoms with van der Waals surface area (Å²) < 4.78 is 29.2. The summed E-state index contributed by atoms with van der Waals surface area (Å²) in [6, 6.07) is 7.01. The number of piperazine rings is 1. The van der Waals surface area contributed by atoms with E-state index in [9.17, 15) is 8.42 Å². The minimum absolute atomic E-state index is 0. The molecule has 1 N–H and O–H groups in total. The van der Waals surface area contributed by atoms with Crippen LogP contribution in [0.15, 0.2) is 41.8 Å². The Morgan fingerprint density at radius 1 is 1.38 bits per heavy atom. The summed E-state index contributed by atoms with van der Waals surface area (Å²) in [5.74, 6) is 0. The summed E-state index contributed by atoms with van der Waals surface area (Å²) in [5, 5.41) is 3.89. The monoisotopic (exact) mass is 390 g/mol. The molecule has 1 aromatic heterocycles. The number of aromatic nitrogens is 2. The van der Waals surface area contributed by atoms with Gasteiger partial charge in [-0.25, -0.2) is 13.4 Å². The van der Waals surface area contributed by atoms with Crippen molar-refractivity contribution in [2.24, 2.45) is 0 Å². The standard InChI is InChI=1S/C15H19ClN4O2S.ClH/c1-2-19-10-15(18-11-19)23(21,22)20-8-7-17-9-14(20)12-5-3-4-6-13(12)16;/h3-6,10-11,14,17H,2,7-9H2,1H3;1H. The number of aryl methyl sites for hydroxylation is 1. The van der Waals surface area contributed by atoms with E-state index >= 15 is 0 Å². The molecule has 0 saturated carbocycles. The van der Waals surface area contributed by atoms with E-state index in [1.807, 2.05) is 25.1 Å². The van der Waals surface area contributed by atoms with Gasteiger partial charge in [-0.05, 0) is 18.6 Å². The summed E-state index contributed by atoms with van der Waals surface area (Å²) in [4.78, 5) is 4.06. The normalized spacial score (nSPS) is 19.0. The predicted octanol–water partition coefficient (Wildman–Crippen LogP) is 2.31. The van der Waals surface area contributed by atoms with Crippen LogP contribution in [0.4, 0.5) is 0 Å². The van der Waals surface area contributed by atoms with Gasteiger partial charge in [0.05, 0.1) is 12.4 Å². The van der Waals surface area contributed by atoms with Crippen LogP contribution in [0.1, 0.15) is 18.5 Å². The first kappa shape index (κ1) is 19.2. The Morgan fingerprint density at radius 3 is 2.79 bits per heavy atom. The van der Waals surface area contributed by atoms with Crippen molar-refractivity contribution in [3.05, 3.63) is 47.4 Å². The van der Waals surface area contributed by atoms with Crippen LogP contribution < -0.4 is 5.32 Å². The quantitative estimate of drug-likeness (QED) is 0.869. The number of halogens is 2. The first-order valence-corrected chi connectivity index (χ1v) is 9.34. The van der Waals surface area contributed by atoms with Crippen molar-refractivity contribution in [3.8, 4) is 0 Å². The van der Waals surface area contributed by atoms with Gasteiger partial charge in [-0.2, -0.15) is 4.31 Å². The third kappa shape index (κ3) is 3.60. The highest BCUT2D eigenvalue weighted by atomic mass is 35.5. The Hall–Kier alpha value is -1.12. The van der Waals surface area contributed by atoms with Gasteiger partial charge >= 0.3 is 0 Å². The fourth-order valence-electron chi connectivity index (χ4n) is 2.75. The average Bonchev–Trinajstić information content (AvgIpc) is 3.05. The van der Waals surface area contributed by atoms with E-state index in [0.29, 0.717) is 31.2 Å². The van der Waals surface area contributed by atoms with Crippen LogP contribution in [0.25, 0.3) is 0 Å². The maximum atomic E-state index is 13.0. The minimum atomic E-state index is -3.66. The van der Waals surface area contributed by atoms with Crippen LogP contribution in [-0.4, -0.2) is 41.9 Å². The smallest absolute Gasteiger partial charge is 0.262 e. The lowest BCUT2D eigenvalue weighted by Gasteiger charge is -2.35. The lowest BCUT2D eigenvalue weighted by molar-refractivity contribution is 0.271. The number of benzene rings is 1. The zero-order valence-electron chi connectivity index (χ0n) is 13.2.